The first-order chi connectivity index (χ1) is 12.0. The molecule has 0 radical (unpaired) electrons. The second kappa shape index (κ2) is 6.83. The fourth-order valence-corrected chi connectivity index (χ4v) is 3.27. The summed E-state index contributed by atoms with van der Waals surface area (Å²) >= 11 is 0. The van der Waals surface area contributed by atoms with Crippen LogP contribution in [0.4, 0.5) is 0 Å². The second-order valence-electron chi connectivity index (χ2n) is 11.6. The zero-order valence-electron chi connectivity index (χ0n) is 19.4. The van der Waals surface area contributed by atoms with Gasteiger partial charge in [-0.2, -0.15) is 0 Å². The smallest absolute Gasteiger partial charge is 0.105 e. The lowest BCUT2D eigenvalue weighted by Crippen LogP contribution is -2.43. The Morgan fingerprint density at radius 3 is 1.63 bits per heavy atom. The lowest BCUT2D eigenvalue weighted by atomic mass is 9.40. The molecule has 0 aliphatic rings. The highest BCUT2D eigenvalue weighted by molar-refractivity contribution is 6.40. The molecule has 1 heterocycles. The van der Waals surface area contributed by atoms with Gasteiger partial charge in [0.25, 0.3) is 0 Å². The third kappa shape index (κ3) is 4.50. The van der Waals surface area contributed by atoms with Crippen LogP contribution in [-0.4, -0.2) is 20.7 Å². The number of nitrogens with zero attached hydrogens (tertiary/aromatic N) is 1. The van der Waals surface area contributed by atoms with Crippen molar-refractivity contribution in [1.29, 1.82) is 0 Å². The SMILES string of the molecule is BC(B)(c1cc(-c2ccc(C(C)(C)C)cc2)ncc1C(C)(C)C)C(C)(C)C. The Morgan fingerprint density at radius 2 is 1.22 bits per heavy atom. The fraction of sp³-hybridized carbons (Fsp3) is 0.542. The molecule has 0 aliphatic heterocycles. The van der Waals surface area contributed by atoms with E-state index in [1.807, 2.05) is 0 Å². The molecule has 144 valence electrons. The minimum Gasteiger partial charge on any atom is -0.256 e. The van der Waals surface area contributed by atoms with Gasteiger partial charge >= 0.3 is 0 Å². The Hall–Kier alpha value is -1.50. The van der Waals surface area contributed by atoms with Crippen LogP contribution < -0.4 is 0 Å². The minimum atomic E-state index is 0.0403. The lowest BCUT2D eigenvalue weighted by Gasteiger charge is -2.43. The van der Waals surface area contributed by atoms with Gasteiger partial charge in [0, 0.05) is 11.8 Å². The molecule has 1 aromatic heterocycles. The maximum absolute atomic E-state index is 4.86. The molecular weight excluding hydrogens is 324 g/mol. The Kier molecular flexibility index (Phi) is 5.52. The van der Waals surface area contributed by atoms with Crippen molar-refractivity contribution in [2.75, 3.05) is 0 Å². The van der Waals surface area contributed by atoms with Crippen molar-refractivity contribution >= 4 is 15.7 Å². The summed E-state index contributed by atoms with van der Waals surface area (Å²) in [4.78, 5) is 4.86. The van der Waals surface area contributed by atoms with Crippen LogP contribution in [0.3, 0.4) is 0 Å². The van der Waals surface area contributed by atoms with Crippen LogP contribution in [0.15, 0.2) is 36.5 Å². The van der Waals surface area contributed by atoms with Gasteiger partial charge in [-0.1, -0.05) is 91.8 Å². The van der Waals surface area contributed by atoms with Crippen LogP contribution >= 0.6 is 0 Å². The molecule has 0 aliphatic carbocycles. The number of hydrogen-bond acceptors (Lipinski definition) is 1. The summed E-state index contributed by atoms with van der Waals surface area (Å²) in [6.45, 7) is 20.6. The van der Waals surface area contributed by atoms with E-state index in [4.69, 9.17) is 4.98 Å². The third-order valence-electron chi connectivity index (χ3n) is 6.31. The highest BCUT2D eigenvalue weighted by Gasteiger charge is 2.38. The molecule has 0 bridgehead atoms. The first-order valence-electron chi connectivity index (χ1n) is 10.2. The van der Waals surface area contributed by atoms with Crippen LogP contribution in [0.5, 0.6) is 0 Å². The monoisotopic (exact) mass is 361 g/mol. The summed E-state index contributed by atoms with van der Waals surface area (Å²) in [7, 11) is 4.73. The highest BCUT2D eigenvalue weighted by atomic mass is 14.7. The van der Waals surface area contributed by atoms with E-state index >= 15 is 0 Å². The number of aromatic nitrogens is 1. The van der Waals surface area contributed by atoms with E-state index in [-0.39, 0.29) is 21.5 Å². The molecule has 0 unspecified atom stereocenters. The molecule has 0 spiro atoms. The van der Waals surface area contributed by atoms with Gasteiger partial charge in [0.05, 0.1) is 5.69 Å². The van der Waals surface area contributed by atoms with Gasteiger partial charge in [-0.05, 0) is 39.0 Å². The van der Waals surface area contributed by atoms with Crippen molar-refractivity contribution in [3.05, 3.63) is 53.2 Å². The molecular formula is C24H37B2N. The van der Waals surface area contributed by atoms with E-state index in [0.29, 0.717) is 0 Å². The van der Waals surface area contributed by atoms with E-state index in [1.54, 1.807) is 0 Å². The molecule has 1 aromatic carbocycles. The van der Waals surface area contributed by atoms with Crippen LogP contribution in [0, 0.1) is 5.41 Å². The molecule has 2 rings (SSSR count). The van der Waals surface area contributed by atoms with E-state index in [2.05, 4.69) is 115 Å². The largest absolute Gasteiger partial charge is 0.256 e. The third-order valence-corrected chi connectivity index (χ3v) is 6.31. The standard InChI is InChI=1S/C24H37B2N/c1-21(2,3)17-12-10-16(11-13-17)20-14-18(24(25,26)23(7,8)9)19(15-27-20)22(4,5)6/h10-15H,25-26H2,1-9H3. The van der Waals surface area contributed by atoms with E-state index in [0.717, 1.165) is 5.69 Å². The number of pyridine rings is 1. The summed E-state index contributed by atoms with van der Waals surface area (Å²) in [5, 5.41) is 0.0403. The zero-order chi connectivity index (χ0) is 20.8. The van der Waals surface area contributed by atoms with E-state index in [1.165, 1.54) is 22.3 Å². The van der Waals surface area contributed by atoms with Gasteiger partial charge in [-0.3, -0.25) is 4.98 Å². The predicted molar refractivity (Wildman–Crippen MR) is 125 cm³/mol. The molecule has 0 atom stereocenters. The summed E-state index contributed by atoms with van der Waals surface area (Å²) in [5.41, 5.74) is 6.76. The first-order valence-corrected chi connectivity index (χ1v) is 10.2. The number of benzene rings is 1. The predicted octanol–water partition coefficient (Wildman–Crippen LogP) is 4.81. The van der Waals surface area contributed by atoms with Crippen molar-refractivity contribution in [2.45, 2.75) is 78.4 Å². The Labute approximate surface area is 169 Å². The molecule has 0 N–H and O–H groups in total. The normalized spacial score (nSPS) is 13.7. The van der Waals surface area contributed by atoms with Crippen LogP contribution in [-0.2, 0) is 16.0 Å². The maximum Gasteiger partial charge on any atom is 0.105 e. The second-order valence-corrected chi connectivity index (χ2v) is 11.6. The maximum atomic E-state index is 4.86. The van der Waals surface area contributed by atoms with E-state index < -0.39 is 0 Å². The molecule has 1 nitrogen and oxygen atoms in total. The van der Waals surface area contributed by atoms with Gasteiger partial charge in [0.15, 0.2) is 0 Å². The van der Waals surface area contributed by atoms with Gasteiger partial charge in [-0.25, -0.2) is 0 Å². The molecule has 0 amide bonds. The van der Waals surface area contributed by atoms with Gasteiger partial charge in [-0.15, -0.1) is 0 Å². The topological polar surface area (TPSA) is 12.9 Å². The molecule has 2 aromatic rings. The lowest BCUT2D eigenvalue weighted by molar-refractivity contribution is 0.353. The van der Waals surface area contributed by atoms with Crippen LogP contribution in [0.1, 0.15) is 79.0 Å². The average molecular weight is 361 g/mol. The van der Waals surface area contributed by atoms with Crippen LogP contribution in [0.2, 0.25) is 0 Å². The van der Waals surface area contributed by atoms with Crippen LogP contribution in [0.25, 0.3) is 11.3 Å². The average Bonchev–Trinajstić information content (AvgIpc) is 2.51. The van der Waals surface area contributed by atoms with Crippen molar-refractivity contribution in [1.82, 2.24) is 4.98 Å². The molecule has 27 heavy (non-hydrogen) atoms. The highest BCUT2D eigenvalue weighted by Crippen LogP contribution is 2.42. The van der Waals surface area contributed by atoms with Crippen molar-refractivity contribution < 1.29 is 0 Å². The Balaban J connectivity index is 2.63. The summed E-state index contributed by atoms with van der Waals surface area (Å²) in [6, 6.07) is 11.2. The van der Waals surface area contributed by atoms with Crippen molar-refractivity contribution in [2.24, 2.45) is 5.41 Å². The molecule has 0 saturated carbocycles. The first kappa shape index (κ1) is 21.8. The van der Waals surface area contributed by atoms with Gasteiger partial charge in [0.1, 0.15) is 15.7 Å². The summed E-state index contributed by atoms with van der Waals surface area (Å²) < 4.78 is 0. The summed E-state index contributed by atoms with van der Waals surface area (Å²) in [5.74, 6) is 0. The molecule has 0 fully saturated rings. The number of rotatable bonds is 2. The van der Waals surface area contributed by atoms with Gasteiger partial charge < -0.3 is 0 Å². The quantitative estimate of drug-likeness (QED) is 0.700. The molecule has 0 saturated heterocycles. The van der Waals surface area contributed by atoms with Crippen molar-refractivity contribution in [3.8, 4) is 11.3 Å². The summed E-state index contributed by atoms with van der Waals surface area (Å²) in [6.07, 6.45) is 2.11. The minimum absolute atomic E-state index is 0.0403. The van der Waals surface area contributed by atoms with E-state index in [9.17, 15) is 0 Å². The molecule has 3 heteroatoms. The number of hydrogen-bond donors (Lipinski definition) is 0. The Bertz CT molecular complexity index is 798. The van der Waals surface area contributed by atoms with Gasteiger partial charge in [0.2, 0.25) is 0 Å². The zero-order valence-corrected chi connectivity index (χ0v) is 19.4. The Morgan fingerprint density at radius 1 is 0.704 bits per heavy atom. The fourth-order valence-electron chi connectivity index (χ4n) is 3.27. The van der Waals surface area contributed by atoms with Crippen molar-refractivity contribution in [3.63, 3.8) is 0 Å².